The molecule has 1 aromatic rings. The van der Waals surface area contributed by atoms with Crippen molar-refractivity contribution in [3.05, 3.63) is 24.3 Å². The van der Waals surface area contributed by atoms with Crippen LogP contribution < -0.4 is 10.6 Å². The Morgan fingerprint density at radius 2 is 2.14 bits per heavy atom. The van der Waals surface area contributed by atoms with Crippen LogP contribution in [-0.2, 0) is 4.79 Å². The minimum atomic E-state index is 0.0776. The van der Waals surface area contributed by atoms with E-state index in [1.807, 2.05) is 28.8 Å². The Balaban J connectivity index is 1.68. The van der Waals surface area contributed by atoms with Gasteiger partial charge in [-0.2, -0.15) is 0 Å². The molecule has 0 bridgehead atoms. The molecule has 0 aromatic heterocycles. The molecule has 0 saturated carbocycles. The molecule has 1 aromatic carbocycles. The Morgan fingerprint density at radius 3 is 2.91 bits per heavy atom. The van der Waals surface area contributed by atoms with Crippen LogP contribution in [0.3, 0.4) is 0 Å². The summed E-state index contributed by atoms with van der Waals surface area (Å²) in [5.41, 5.74) is 7.33. The van der Waals surface area contributed by atoms with E-state index in [0.29, 0.717) is 6.54 Å². The lowest BCUT2D eigenvalue weighted by molar-refractivity contribution is -0.120. The number of likely N-dealkylation sites (tertiary alicyclic amines) is 1. The smallest absolute Gasteiger partial charge is 0.241 e. The zero-order valence-electron chi connectivity index (χ0n) is 13.4. The van der Waals surface area contributed by atoms with E-state index in [1.54, 1.807) is 0 Å². The van der Waals surface area contributed by atoms with Crippen LogP contribution in [0.5, 0.6) is 0 Å². The molecule has 4 nitrogen and oxygen atoms in total. The number of para-hydroxylation sites is 1. The molecule has 1 saturated heterocycles. The molecule has 1 amide bonds. The summed E-state index contributed by atoms with van der Waals surface area (Å²) in [6.07, 6.45) is 0.965. The van der Waals surface area contributed by atoms with Crippen LogP contribution in [0.1, 0.15) is 20.3 Å². The van der Waals surface area contributed by atoms with Crippen molar-refractivity contribution < 1.29 is 4.79 Å². The minimum absolute atomic E-state index is 0.0776. The Labute approximate surface area is 137 Å². The minimum Gasteiger partial charge on any atom is -0.327 e. The van der Waals surface area contributed by atoms with E-state index in [2.05, 4.69) is 30.9 Å². The van der Waals surface area contributed by atoms with Crippen molar-refractivity contribution in [2.45, 2.75) is 31.2 Å². The number of hydrogen-bond donors (Lipinski definition) is 1. The van der Waals surface area contributed by atoms with Gasteiger partial charge in [0.15, 0.2) is 0 Å². The molecular weight excluding hydrogens is 294 g/mol. The van der Waals surface area contributed by atoms with Crippen molar-refractivity contribution in [1.82, 2.24) is 4.90 Å². The summed E-state index contributed by atoms with van der Waals surface area (Å²) in [5, 5.41) is 0. The summed E-state index contributed by atoms with van der Waals surface area (Å²) >= 11 is 1.83. The molecule has 0 aliphatic carbocycles. The monoisotopic (exact) mass is 319 g/mol. The van der Waals surface area contributed by atoms with E-state index in [-0.39, 0.29) is 17.4 Å². The lowest BCUT2D eigenvalue weighted by Crippen LogP contribution is -2.54. The molecule has 1 fully saturated rings. The number of hydrogen-bond acceptors (Lipinski definition) is 4. The predicted octanol–water partition coefficient (Wildman–Crippen LogP) is 2.18. The van der Waals surface area contributed by atoms with Crippen molar-refractivity contribution in [2.75, 3.05) is 36.8 Å². The zero-order chi connectivity index (χ0) is 15.7. The van der Waals surface area contributed by atoms with Crippen LogP contribution in [0.25, 0.3) is 0 Å². The molecule has 22 heavy (non-hydrogen) atoms. The first-order chi connectivity index (χ1) is 10.5. The first-order valence-corrected chi connectivity index (χ1v) is 8.96. The average molecular weight is 319 g/mol. The lowest BCUT2D eigenvalue weighted by atomic mass is 9.80. The fraction of sp³-hybridized carbons (Fsp3) is 0.588. The average Bonchev–Trinajstić information content (AvgIpc) is 2.50. The largest absolute Gasteiger partial charge is 0.327 e. The summed E-state index contributed by atoms with van der Waals surface area (Å²) in [7, 11) is 0. The number of nitrogens with zero attached hydrogens (tertiary/aromatic N) is 2. The second kappa shape index (κ2) is 6.22. The van der Waals surface area contributed by atoms with Gasteiger partial charge in [0.25, 0.3) is 0 Å². The summed E-state index contributed by atoms with van der Waals surface area (Å²) in [6, 6.07) is 8.42. The maximum absolute atomic E-state index is 12.8. The van der Waals surface area contributed by atoms with Gasteiger partial charge in [0.2, 0.25) is 5.91 Å². The van der Waals surface area contributed by atoms with Crippen LogP contribution >= 0.6 is 11.8 Å². The van der Waals surface area contributed by atoms with E-state index < -0.39 is 0 Å². The molecule has 120 valence electrons. The van der Waals surface area contributed by atoms with E-state index in [9.17, 15) is 4.79 Å². The number of anilines is 1. The van der Waals surface area contributed by atoms with Gasteiger partial charge in [0.05, 0.1) is 12.2 Å². The molecule has 1 unspecified atom stereocenters. The third kappa shape index (κ3) is 3.16. The van der Waals surface area contributed by atoms with Gasteiger partial charge in [-0.05, 0) is 24.0 Å². The van der Waals surface area contributed by atoms with Gasteiger partial charge in [-0.3, -0.25) is 9.69 Å². The summed E-state index contributed by atoms with van der Waals surface area (Å²) in [4.78, 5) is 18.2. The quantitative estimate of drug-likeness (QED) is 0.908. The SMILES string of the molecule is CC1(C)CN(CC(=O)N2CCSc3ccccc32)CCC1N. The fourth-order valence-electron chi connectivity index (χ4n) is 3.33. The molecule has 2 aliphatic heterocycles. The van der Waals surface area contributed by atoms with Gasteiger partial charge in [0, 0.05) is 36.3 Å². The Kier molecular flexibility index (Phi) is 4.48. The summed E-state index contributed by atoms with van der Waals surface area (Å²) < 4.78 is 0. The highest BCUT2D eigenvalue weighted by molar-refractivity contribution is 7.99. The number of amides is 1. The van der Waals surface area contributed by atoms with Gasteiger partial charge in [-0.15, -0.1) is 11.8 Å². The number of fused-ring (bicyclic) bond motifs is 1. The highest BCUT2D eigenvalue weighted by Crippen LogP contribution is 2.34. The van der Waals surface area contributed by atoms with Crippen molar-refractivity contribution in [1.29, 1.82) is 0 Å². The van der Waals surface area contributed by atoms with Crippen molar-refractivity contribution in [2.24, 2.45) is 11.1 Å². The predicted molar refractivity (Wildman–Crippen MR) is 92.3 cm³/mol. The van der Waals surface area contributed by atoms with Gasteiger partial charge in [-0.25, -0.2) is 0 Å². The number of piperidine rings is 1. The number of carbonyl (C=O) groups excluding carboxylic acids is 1. The van der Waals surface area contributed by atoms with Gasteiger partial charge in [0.1, 0.15) is 0 Å². The third-order valence-electron chi connectivity index (χ3n) is 4.78. The van der Waals surface area contributed by atoms with Crippen molar-refractivity contribution in [3.63, 3.8) is 0 Å². The highest BCUT2D eigenvalue weighted by atomic mass is 32.2. The lowest BCUT2D eigenvalue weighted by Gasteiger charge is -2.43. The van der Waals surface area contributed by atoms with Crippen LogP contribution in [0, 0.1) is 5.41 Å². The number of nitrogens with two attached hydrogens (primary N) is 1. The van der Waals surface area contributed by atoms with Crippen molar-refractivity contribution >= 4 is 23.4 Å². The Morgan fingerprint density at radius 1 is 1.36 bits per heavy atom. The molecule has 0 spiro atoms. The van der Waals surface area contributed by atoms with E-state index in [0.717, 1.165) is 37.5 Å². The first-order valence-electron chi connectivity index (χ1n) is 7.97. The fourth-order valence-corrected chi connectivity index (χ4v) is 4.32. The molecule has 3 rings (SSSR count). The van der Waals surface area contributed by atoms with Crippen LogP contribution in [0.15, 0.2) is 29.2 Å². The van der Waals surface area contributed by atoms with Crippen LogP contribution in [0.2, 0.25) is 0 Å². The number of benzene rings is 1. The summed E-state index contributed by atoms with van der Waals surface area (Å²) in [5.74, 6) is 1.18. The molecule has 2 N–H and O–H groups in total. The summed E-state index contributed by atoms with van der Waals surface area (Å²) in [6.45, 7) is 7.50. The topological polar surface area (TPSA) is 49.6 Å². The maximum atomic E-state index is 12.8. The van der Waals surface area contributed by atoms with Crippen molar-refractivity contribution in [3.8, 4) is 0 Å². The second-order valence-corrected chi connectivity index (χ2v) is 8.09. The number of thioether (sulfide) groups is 1. The Hall–Kier alpha value is -1.04. The third-order valence-corrected chi connectivity index (χ3v) is 5.82. The first kappa shape index (κ1) is 15.8. The highest BCUT2D eigenvalue weighted by Gasteiger charge is 2.35. The Bertz CT molecular complexity index is 561. The normalized spacial score (nSPS) is 24.9. The van der Waals surface area contributed by atoms with E-state index in [4.69, 9.17) is 5.73 Å². The van der Waals surface area contributed by atoms with Crippen LogP contribution in [0.4, 0.5) is 5.69 Å². The van der Waals surface area contributed by atoms with E-state index in [1.165, 1.54) is 4.90 Å². The molecule has 5 heteroatoms. The van der Waals surface area contributed by atoms with E-state index >= 15 is 0 Å². The maximum Gasteiger partial charge on any atom is 0.241 e. The molecule has 2 heterocycles. The molecular formula is C17H25N3OS. The zero-order valence-corrected chi connectivity index (χ0v) is 14.2. The molecule has 0 radical (unpaired) electrons. The molecule has 2 aliphatic rings. The van der Waals surface area contributed by atoms with Gasteiger partial charge in [-0.1, -0.05) is 26.0 Å². The number of carbonyl (C=O) groups is 1. The van der Waals surface area contributed by atoms with Crippen LogP contribution in [-0.4, -0.2) is 48.8 Å². The number of rotatable bonds is 2. The second-order valence-electron chi connectivity index (χ2n) is 6.96. The standard InChI is InChI=1S/C17H25N3OS/c1-17(2)12-19(8-7-15(17)18)11-16(21)20-9-10-22-14-6-4-3-5-13(14)20/h3-6,15H,7-12,18H2,1-2H3. The van der Waals surface area contributed by atoms with Gasteiger partial charge < -0.3 is 10.6 Å². The molecule has 1 atom stereocenters. The van der Waals surface area contributed by atoms with Gasteiger partial charge >= 0.3 is 0 Å².